The lowest BCUT2D eigenvalue weighted by Crippen LogP contribution is -2.35. The molecule has 1 aliphatic rings. The van der Waals surface area contributed by atoms with Crippen LogP contribution < -0.4 is 0 Å². The molecule has 9 heteroatoms. The molecular formula is C22H24N4O4S. The molecule has 1 unspecified atom stereocenters. The van der Waals surface area contributed by atoms with Crippen LogP contribution in [0.2, 0.25) is 0 Å². The minimum Gasteiger partial charge on any atom is -0.385 e. The average molecular weight is 441 g/mol. The fourth-order valence-corrected chi connectivity index (χ4v) is 5.06. The first kappa shape index (κ1) is 21.3. The zero-order valence-electron chi connectivity index (χ0n) is 17.2. The normalized spacial score (nSPS) is 15.9. The maximum atomic E-state index is 12.7. The van der Waals surface area contributed by atoms with Gasteiger partial charge in [-0.15, -0.1) is 0 Å². The molecule has 4 rings (SSSR count). The standard InChI is InChI=1S/C22H24N4O4S/c1-17(27)22-23-11-14-25(22)16-19-15-20(30-24-19)8-5-18-6-9-21(10-7-18)31(28,29)26-12-3-2-4-13-26/h6-7,9-11,14-15,17,27H,2-4,12-13,16H2,1H3. The van der Waals surface area contributed by atoms with Crippen LogP contribution in [-0.2, 0) is 16.6 Å². The summed E-state index contributed by atoms with van der Waals surface area (Å²) in [5.41, 5.74) is 1.34. The maximum absolute atomic E-state index is 12.7. The summed E-state index contributed by atoms with van der Waals surface area (Å²) in [4.78, 5) is 4.42. The molecule has 8 nitrogen and oxygen atoms in total. The molecule has 0 aliphatic carbocycles. The van der Waals surface area contributed by atoms with Crippen molar-refractivity contribution in [3.63, 3.8) is 0 Å². The number of imidazole rings is 1. The highest BCUT2D eigenvalue weighted by Gasteiger charge is 2.25. The van der Waals surface area contributed by atoms with Crippen molar-refractivity contribution in [1.29, 1.82) is 0 Å². The van der Waals surface area contributed by atoms with Gasteiger partial charge in [0.25, 0.3) is 0 Å². The Hall–Kier alpha value is -2.93. The molecule has 0 amide bonds. The van der Waals surface area contributed by atoms with E-state index in [1.807, 2.05) is 0 Å². The van der Waals surface area contributed by atoms with Gasteiger partial charge in [-0.2, -0.15) is 4.31 Å². The molecular weight excluding hydrogens is 416 g/mol. The number of aliphatic hydroxyl groups is 1. The average Bonchev–Trinajstić information content (AvgIpc) is 3.43. The van der Waals surface area contributed by atoms with Crippen molar-refractivity contribution < 1.29 is 18.0 Å². The van der Waals surface area contributed by atoms with Gasteiger partial charge in [0, 0.05) is 37.1 Å². The minimum absolute atomic E-state index is 0.288. The Morgan fingerprint density at radius 1 is 1.16 bits per heavy atom. The van der Waals surface area contributed by atoms with E-state index in [0.717, 1.165) is 19.3 Å². The smallest absolute Gasteiger partial charge is 0.243 e. The molecule has 1 atom stereocenters. The zero-order valence-corrected chi connectivity index (χ0v) is 18.0. The van der Waals surface area contributed by atoms with Crippen LogP contribution in [0.3, 0.4) is 0 Å². The van der Waals surface area contributed by atoms with Crippen molar-refractivity contribution in [1.82, 2.24) is 19.0 Å². The van der Waals surface area contributed by atoms with Gasteiger partial charge in [0.1, 0.15) is 17.6 Å². The maximum Gasteiger partial charge on any atom is 0.243 e. The molecule has 31 heavy (non-hydrogen) atoms. The quantitative estimate of drug-likeness (QED) is 0.612. The highest BCUT2D eigenvalue weighted by atomic mass is 32.2. The van der Waals surface area contributed by atoms with Crippen molar-refractivity contribution in [2.24, 2.45) is 0 Å². The number of hydrogen-bond donors (Lipinski definition) is 1. The number of sulfonamides is 1. The molecule has 0 spiro atoms. The summed E-state index contributed by atoms with van der Waals surface area (Å²) >= 11 is 0. The van der Waals surface area contributed by atoms with Gasteiger partial charge in [-0.05, 0) is 50.0 Å². The van der Waals surface area contributed by atoms with Crippen LogP contribution in [0.4, 0.5) is 0 Å². The highest BCUT2D eigenvalue weighted by molar-refractivity contribution is 7.89. The molecule has 1 aromatic carbocycles. The summed E-state index contributed by atoms with van der Waals surface area (Å²) in [7, 11) is -3.45. The molecule has 162 valence electrons. The first-order valence-electron chi connectivity index (χ1n) is 10.2. The Balaban J connectivity index is 1.44. The van der Waals surface area contributed by atoms with Crippen molar-refractivity contribution >= 4 is 10.0 Å². The van der Waals surface area contributed by atoms with Crippen LogP contribution in [0.1, 0.15) is 55.1 Å². The predicted octanol–water partition coefficient (Wildman–Crippen LogP) is 2.55. The first-order valence-corrected chi connectivity index (χ1v) is 11.6. The van der Waals surface area contributed by atoms with Crippen molar-refractivity contribution in [3.05, 3.63) is 65.6 Å². The van der Waals surface area contributed by atoms with Gasteiger partial charge < -0.3 is 14.2 Å². The number of benzene rings is 1. The van der Waals surface area contributed by atoms with Crippen LogP contribution in [0.25, 0.3) is 0 Å². The lowest BCUT2D eigenvalue weighted by molar-refractivity contribution is 0.184. The van der Waals surface area contributed by atoms with E-state index < -0.39 is 16.1 Å². The second-order valence-corrected chi connectivity index (χ2v) is 9.45. The zero-order chi connectivity index (χ0) is 21.8. The summed E-state index contributed by atoms with van der Waals surface area (Å²) in [6.07, 6.45) is 5.60. The summed E-state index contributed by atoms with van der Waals surface area (Å²) in [5.74, 6) is 6.83. The fraction of sp³-hybridized carbons (Fsp3) is 0.364. The van der Waals surface area contributed by atoms with E-state index in [2.05, 4.69) is 22.0 Å². The number of hydrogen-bond acceptors (Lipinski definition) is 6. The third kappa shape index (κ3) is 4.88. The lowest BCUT2D eigenvalue weighted by Gasteiger charge is -2.25. The Labute approximate surface area is 181 Å². The van der Waals surface area contributed by atoms with E-state index in [-0.39, 0.29) is 4.90 Å². The molecule has 2 aromatic heterocycles. The molecule has 3 heterocycles. The Bertz CT molecular complexity index is 1190. The van der Waals surface area contributed by atoms with Gasteiger partial charge in [-0.3, -0.25) is 0 Å². The van der Waals surface area contributed by atoms with E-state index >= 15 is 0 Å². The van der Waals surface area contributed by atoms with Crippen LogP contribution in [0.5, 0.6) is 0 Å². The minimum atomic E-state index is -3.45. The van der Waals surface area contributed by atoms with E-state index in [0.29, 0.717) is 42.5 Å². The van der Waals surface area contributed by atoms with Crippen LogP contribution in [-0.4, -0.2) is 45.6 Å². The third-order valence-corrected chi connectivity index (χ3v) is 7.06. The lowest BCUT2D eigenvalue weighted by atomic mass is 10.2. The van der Waals surface area contributed by atoms with E-state index in [1.54, 1.807) is 58.5 Å². The number of piperidine rings is 1. The van der Waals surface area contributed by atoms with Crippen LogP contribution in [0.15, 0.2) is 52.1 Å². The fourth-order valence-electron chi connectivity index (χ4n) is 3.54. The molecule has 3 aromatic rings. The van der Waals surface area contributed by atoms with Gasteiger partial charge in [0.2, 0.25) is 15.8 Å². The van der Waals surface area contributed by atoms with Crippen LogP contribution in [0, 0.1) is 11.8 Å². The summed E-state index contributed by atoms with van der Waals surface area (Å²) < 4.78 is 34.1. The largest absolute Gasteiger partial charge is 0.385 e. The Kier molecular flexibility index (Phi) is 6.23. The summed E-state index contributed by atoms with van der Waals surface area (Å²) in [6.45, 7) is 3.22. The van der Waals surface area contributed by atoms with Gasteiger partial charge in [0.15, 0.2) is 0 Å². The van der Waals surface area contributed by atoms with Crippen molar-refractivity contribution in [2.45, 2.75) is 43.7 Å². The number of aromatic nitrogens is 3. The molecule has 0 radical (unpaired) electrons. The summed E-state index contributed by atoms with van der Waals surface area (Å²) in [5, 5.41) is 13.8. The van der Waals surface area contributed by atoms with E-state index in [9.17, 15) is 13.5 Å². The molecule has 1 N–H and O–H groups in total. The Morgan fingerprint density at radius 3 is 2.61 bits per heavy atom. The van der Waals surface area contributed by atoms with Gasteiger partial charge in [-0.25, -0.2) is 13.4 Å². The molecule has 1 aliphatic heterocycles. The second kappa shape index (κ2) is 9.06. The van der Waals surface area contributed by atoms with Gasteiger partial charge >= 0.3 is 0 Å². The SMILES string of the molecule is CC(O)c1nccn1Cc1cc(C#Cc2ccc(S(=O)(=O)N3CCCCC3)cc2)on1. The van der Waals surface area contributed by atoms with Gasteiger partial charge in [0.05, 0.1) is 11.4 Å². The van der Waals surface area contributed by atoms with Crippen molar-refractivity contribution in [2.75, 3.05) is 13.1 Å². The molecule has 0 saturated carbocycles. The number of rotatable bonds is 5. The predicted molar refractivity (Wildman–Crippen MR) is 113 cm³/mol. The topological polar surface area (TPSA) is 101 Å². The molecule has 0 bridgehead atoms. The Morgan fingerprint density at radius 2 is 1.90 bits per heavy atom. The first-order chi connectivity index (χ1) is 14.9. The van der Waals surface area contributed by atoms with E-state index in [1.165, 1.54) is 0 Å². The molecule has 1 fully saturated rings. The molecule has 1 saturated heterocycles. The van der Waals surface area contributed by atoms with Crippen LogP contribution >= 0.6 is 0 Å². The monoisotopic (exact) mass is 440 g/mol. The third-order valence-electron chi connectivity index (χ3n) is 5.15. The van der Waals surface area contributed by atoms with Gasteiger partial charge in [-0.1, -0.05) is 17.5 Å². The number of aliphatic hydroxyl groups excluding tert-OH is 1. The number of nitrogens with zero attached hydrogens (tertiary/aromatic N) is 4. The highest BCUT2D eigenvalue weighted by Crippen LogP contribution is 2.20. The van der Waals surface area contributed by atoms with Crippen molar-refractivity contribution in [3.8, 4) is 11.8 Å². The second-order valence-electron chi connectivity index (χ2n) is 7.51. The van der Waals surface area contributed by atoms with E-state index in [4.69, 9.17) is 4.52 Å². The summed E-state index contributed by atoms with van der Waals surface area (Å²) in [6, 6.07) is 8.31.